The standard InChI is InChI=1S/C17H15N5O3/c1-10(14-20-15(22-21-14)11-6-8-18-9-7-11)19-16(23)17-24-12-4-2-3-5-13(12)25-17/h2-10,17H,1H3,(H,19,23)(H,20,21,22). The van der Waals surface area contributed by atoms with Crippen LogP contribution in [0.3, 0.4) is 0 Å². The van der Waals surface area contributed by atoms with Gasteiger partial charge in [0, 0.05) is 18.0 Å². The zero-order valence-electron chi connectivity index (χ0n) is 13.3. The van der Waals surface area contributed by atoms with Crippen LogP contribution in [0.2, 0.25) is 0 Å². The van der Waals surface area contributed by atoms with Crippen LogP contribution in [0, 0.1) is 0 Å². The van der Waals surface area contributed by atoms with Gasteiger partial charge < -0.3 is 14.8 Å². The summed E-state index contributed by atoms with van der Waals surface area (Å²) in [5, 5.41) is 9.81. The Morgan fingerprint density at radius 3 is 2.52 bits per heavy atom. The lowest BCUT2D eigenvalue weighted by Crippen LogP contribution is -2.41. The summed E-state index contributed by atoms with van der Waals surface area (Å²) in [5.74, 6) is 1.80. The van der Waals surface area contributed by atoms with E-state index in [9.17, 15) is 4.79 Å². The highest BCUT2D eigenvalue weighted by molar-refractivity contribution is 5.81. The second-order valence-corrected chi connectivity index (χ2v) is 5.52. The van der Waals surface area contributed by atoms with Crippen molar-refractivity contribution >= 4 is 5.91 Å². The molecule has 25 heavy (non-hydrogen) atoms. The molecule has 0 bridgehead atoms. The van der Waals surface area contributed by atoms with Gasteiger partial charge in [0.15, 0.2) is 17.3 Å². The first kappa shape index (κ1) is 15.1. The molecule has 2 aromatic heterocycles. The van der Waals surface area contributed by atoms with Gasteiger partial charge in [0.05, 0.1) is 6.04 Å². The Morgan fingerprint density at radius 1 is 1.16 bits per heavy atom. The minimum Gasteiger partial charge on any atom is -0.442 e. The highest BCUT2D eigenvalue weighted by Gasteiger charge is 2.31. The van der Waals surface area contributed by atoms with E-state index in [2.05, 4.69) is 25.5 Å². The Morgan fingerprint density at radius 2 is 1.84 bits per heavy atom. The molecule has 0 spiro atoms. The van der Waals surface area contributed by atoms with Crippen molar-refractivity contribution in [3.8, 4) is 22.9 Å². The molecule has 0 fully saturated rings. The summed E-state index contributed by atoms with van der Waals surface area (Å²) < 4.78 is 11.0. The van der Waals surface area contributed by atoms with E-state index in [1.54, 1.807) is 31.5 Å². The van der Waals surface area contributed by atoms with Crippen molar-refractivity contribution in [1.82, 2.24) is 25.5 Å². The van der Waals surface area contributed by atoms with Crippen molar-refractivity contribution in [3.63, 3.8) is 0 Å². The summed E-state index contributed by atoms with van der Waals surface area (Å²) in [4.78, 5) is 20.7. The van der Waals surface area contributed by atoms with Crippen LogP contribution in [0.1, 0.15) is 18.8 Å². The molecule has 0 aliphatic carbocycles. The van der Waals surface area contributed by atoms with E-state index in [0.717, 1.165) is 5.56 Å². The van der Waals surface area contributed by atoms with Gasteiger partial charge in [0.25, 0.3) is 0 Å². The van der Waals surface area contributed by atoms with Gasteiger partial charge >= 0.3 is 12.2 Å². The Balaban J connectivity index is 1.42. The normalized spacial score (nSPS) is 14.3. The molecule has 8 heteroatoms. The summed E-state index contributed by atoms with van der Waals surface area (Å²) >= 11 is 0. The fourth-order valence-corrected chi connectivity index (χ4v) is 2.45. The van der Waals surface area contributed by atoms with Gasteiger partial charge in [-0.3, -0.25) is 14.9 Å². The number of hydrogen-bond donors (Lipinski definition) is 2. The molecule has 1 unspecified atom stereocenters. The maximum Gasteiger partial charge on any atom is 0.321 e. The van der Waals surface area contributed by atoms with Gasteiger partial charge in [0.1, 0.15) is 5.82 Å². The van der Waals surface area contributed by atoms with E-state index in [4.69, 9.17) is 9.47 Å². The summed E-state index contributed by atoms with van der Waals surface area (Å²) in [6.45, 7) is 1.80. The van der Waals surface area contributed by atoms with Crippen LogP contribution in [0.15, 0.2) is 48.8 Å². The van der Waals surface area contributed by atoms with Crippen LogP contribution in [-0.4, -0.2) is 32.4 Å². The Kier molecular flexibility index (Phi) is 3.77. The first-order chi connectivity index (χ1) is 12.2. The predicted molar refractivity (Wildman–Crippen MR) is 87.7 cm³/mol. The van der Waals surface area contributed by atoms with Gasteiger partial charge in [0.2, 0.25) is 0 Å². The highest BCUT2D eigenvalue weighted by Crippen LogP contribution is 2.34. The summed E-state index contributed by atoms with van der Waals surface area (Å²) in [6.07, 6.45) is 2.33. The van der Waals surface area contributed by atoms with Crippen molar-refractivity contribution in [2.45, 2.75) is 19.3 Å². The SMILES string of the molecule is CC(NC(=O)C1Oc2ccccc2O1)c1nc(-c2ccncc2)n[nH]1. The molecular weight excluding hydrogens is 322 g/mol. The smallest absolute Gasteiger partial charge is 0.321 e. The lowest BCUT2D eigenvalue weighted by molar-refractivity contribution is -0.137. The van der Waals surface area contributed by atoms with E-state index in [1.165, 1.54) is 0 Å². The number of nitrogens with one attached hydrogen (secondary N) is 2. The van der Waals surface area contributed by atoms with E-state index < -0.39 is 6.29 Å². The zero-order valence-corrected chi connectivity index (χ0v) is 13.3. The molecule has 0 radical (unpaired) electrons. The molecule has 1 aliphatic heterocycles. The van der Waals surface area contributed by atoms with Crippen molar-refractivity contribution in [2.24, 2.45) is 0 Å². The van der Waals surface area contributed by atoms with Gasteiger partial charge in [-0.25, -0.2) is 4.98 Å². The van der Waals surface area contributed by atoms with E-state index in [1.807, 2.05) is 24.3 Å². The third kappa shape index (κ3) is 3.01. The number of fused-ring (bicyclic) bond motifs is 1. The van der Waals surface area contributed by atoms with E-state index in [-0.39, 0.29) is 11.9 Å². The molecular formula is C17H15N5O3. The van der Waals surface area contributed by atoms with E-state index in [0.29, 0.717) is 23.1 Å². The maximum absolute atomic E-state index is 12.3. The molecule has 0 saturated carbocycles. The van der Waals surface area contributed by atoms with Gasteiger partial charge in [-0.1, -0.05) is 12.1 Å². The molecule has 1 aliphatic rings. The number of hydrogen-bond acceptors (Lipinski definition) is 6. The minimum absolute atomic E-state index is 0.383. The monoisotopic (exact) mass is 337 g/mol. The number of nitrogens with zero attached hydrogens (tertiary/aromatic N) is 3. The van der Waals surface area contributed by atoms with Crippen LogP contribution in [0.5, 0.6) is 11.5 Å². The lowest BCUT2D eigenvalue weighted by Gasteiger charge is -2.14. The molecule has 1 atom stereocenters. The summed E-state index contributed by atoms with van der Waals surface area (Å²) in [5.41, 5.74) is 0.842. The van der Waals surface area contributed by atoms with Gasteiger partial charge in [-0.05, 0) is 31.2 Å². The first-order valence-electron chi connectivity index (χ1n) is 7.76. The highest BCUT2D eigenvalue weighted by atomic mass is 16.7. The molecule has 4 rings (SSSR count). The fourth-order valence-electron chi connectivity index (χ4n) is 2.45. The largest absolute Gasteiger partial charge is 0.442 e. The lowest BCUT2D eigenvalue weighted by atomic mass is 10.2. The van der Waals surface area contributed by atoms with Crippen LogP contribution in [-0.2, 0) is 4.79 Å². The minimum atomic E-state index is -1.01. The first-order valence-corrected chi connectivity index (χ1v) is 7.76. The van der Waals surface area contributed by atoms with Crippen molar-refractivity contribution < 1.29 is 14.3 Å². The molecule has 2 N–H and O–H groups in total. The maximum atomic E-state index is 12.3. The zero-order chi connectivity index (χ0) is 17.2. The van der Waals surface area contributed by atoms with Crippen LogP contribution in [0.25, 0.3) is 11.4 Å². The number of aromatic amines is 1. The predicted octanol–water partition coefficient (Wildman–Crippen LogP) is 1.84. The fraction of sp³-hybridized carbons (Fsp3) is 0.176. The molecule has 0 saturated heterocycles. The summed E-state index contributed by atoms with van der Waals surface area (Å²) in [7, 11) is 0. The second kappa shape index (κ2) is 6.23. The van der Waals surface area contributed by atoms with Crippen LogP contribution in [0.4, 0.5) is 0 Å². The number of H-pyrrole nitrogens is 1. The number of ether oxygens (including phenoxy) is 2. The topological polar surface area (TPSA) is 102 Å². The Labute approximate surface area is 143 Å². The Hall–Kier alpha value is -3.42. The third-order valence-electron chi connectivity index (χ3n) is 3.74. The van der Waals surface area contributed by atoms with Gasteiger partial charge in [-0.2, -0.15) is 5.10 Å². The van der Waals surface area contributed by atoms with Crippen LogP contribution < -0.4 is 14.8 Å². The molecule has 1 aromatic carbocycles. The number of rotatable bonds is 4. The third-order valence-corrected chi connectivity index (χ3v) is 3.74. The molecule has 3 aromatic rings. The average molecular weight is 337 g/mol. The van der Waals surface area contributed by atoms with E-state index >= 15 is 0 Å². The summed E-state index contributed by atoms with van der Waals surface area (Å²) in [6, 6.07) is 10.4. The number of carbonyl (C=O) groups is 1. The van der Waals surface area contributed by atoms with Gasteiger partial charge in [-0.15, -0.1) is 0 Å². The molecule has 8 nitrogen and oxygen atoms in total. The molecule has 1 amide bonds. The van der Waals surface area contributed by atoms with Crippen molar-refractivity contribution in [2.75, 3.05) is 0 Å². The van der Waals surface area contributed by atoms with Crippen LogP contribution >= 0.6 is 0 Å². The number of benzene rings is 1. The number of pyridine rings is 1. The number of para-hydroxylation sites is 2. The average Bonchev–Trinajstić information content (AvgIpc) is 3.29. The molecule has 126 valence electrons. The number of aromatic nitrogens is 4. The Bertz CT molecular complexity index is 871. The number of carbonyl (C=O) groups excluding carboxylic acids is 1. The number of amides is 1. The van der Waals surface area contributed by atoms with Crippen molar-refractivity contribution in [1.29, 1.82) is 0 Å². The molecule has 3 heterocycles. The van der Waals surface area contributed by atoms with Crippen molar-refractivity contribution in [3.05, 3.63) is 54.6 Å². The quantitative estimate of drug-likeness (QED) is 0.753. The second-order valence-electron chi connectivity index (χ2n) is 5.52.